The molecule has 3 rings (SSSR count). The average Bonchev–Trinajstić information content (AvgIpc) is 2.63. The first-order chi connectivity index (χ1) is 12.4. The number of hydrogen-bond acceptors (Lipinski definition) is 4. The molecule has 26 heavy (non-hydrogen) atoms. The first-order valence-electron chi connectivity index (χ1n) is 8.34. The van der Waals surface area contributed by atoms with Gasteiger partial charge < -0.3 is 15.1 Å². The molecule has 0 unspecified atom stereocenters. The number of sulfonamides is 1. The quantitative estimate of drug-likeness (QED) is 0.861. The van der Waals surface area contributed by atoms with Crippen LogP contribution in [0.5, 0.6) is 0 Å². The van der Waals surface area contributed by atoms with Gasteiger partial charge in [0, 0.05) is 43.2 Å². The molecule has 0 saturated carbocycles. The van der Waals surface area contributed by atoms with Gasteiger partial charge in [-0.3, -0.25) is 4.72 Å². The van der Waals surface area contributed by atoms with Crippen LogP contribution >= 0.6 is 0 Å². The molecule has 2 aromatic carbocycles. The predicted molar refractivity (Wildman–Crippen MR) is 104 cm³/mol. The molecule has 0 spiro atoms. The van der Waals surface area contributed by atoms with Crippen LogP contribution in [-0.4, -0.2) is 51.8 Å². The Balaban J connectivity index is 1.53. The monoisotopic (exact) mass is 374 g/mol. The van der Waals surface area contributed by atoms with Crippen LogP contribution in [0.4, 0.5) is 21.9 Å². The Labute approximate surface area is 153 Å². The van der Waals surface area contributed by atoms with Gasteiger partial charge in [-0.2, -0.15) is 0 Å². The molecule has 1 fully saturated rings. The summed E-state index contributed by atoms with van der Waals surface area (Å²) < 4.78 is 24.8. The SMILES string of the molecule is CS(=O)(=O)Nc1ccc(NC(=O)N2CCN(c3ccccc3)CC2)cc1. The Morgan fingerprint density at radius 3 is 2.04 bits per heavy atom. The Hall–Kier alpha value is -2.74. The lowest BCUT2D eigenvalue weighted by Gasteiger charge is -2.36. The number of para-hydroxylation sites is 1. The van der Waals surface area contributed by atoms with Crippen LogP contribution < -0.4 is 14.9 Å². The zero-order valence-electron chi connectivity index (χ0n) is 14.6. The van der Waals surface area contributed by atoms with Crippen molar-refractivity contribution >= 4 is 33.1 Å². The van der Waals surface area contributed by atoms with Gasteiger partial charge in [0.2, 0.25) is 10.0 Å². The zero-order valence-corrected chi connectivity index (χ0v) is 15.4. The van der Waals surface area contributed by atoms with Crippen LogP contribution in [0, 0.1) is 0 Å². The highest BCUT2D eigenvalue weighted by Crippen LogP contribution is 2.17. The number of urea groups is 1. The number of nitrogens with one attached hydrogen (secondary N) is 2. The first-order valence-corrected chi connectivity index (χ1v) is 10.2. The summed E-state index contributed by atoms with van der Waals surface area (Å²) in [7, 11) is -3.31. The highest BCUT2D eigenvalue weighted by molar-refractivity contribution is 7.92. The second kappa shape index (κ2) is 7.65. The molecule has 0 atom stereocenters. The number of rotatable bonds is 4. The fourth-order valence-corrected chi connectivity index (χ4v) is 3.41. The van der Waals surface area contributed by atoms with Gasteiger partial charge in [-0.25, -0.2) is 13.2 Å². The highest BCUT2D eigenvalue weighted by Gasteiger charge is 2.21. The lowest BCUT2D eigenvalue weighted by atomic mass is 10.2. The minimum absolute atomic E-state index is 0.151. The van der Waals surface area contributed by atoms with Crippen LogP contribution in [0.1, 0.15) is 0 Å². The second-order valence-corrected chi connectivity index (χ2v) is 7.94. The van der Waals surface area contributed by atoms with E-state index in [0.29, 0.717) is 24.5 Å². The number of amides is 2. The number of piperazine rings is 1. The fourth-order valence-electron chi connectivity index (χ4n) is 2.84. The molecule has 0 aromatic heterocycles. The number of carbonyl (C=O) groups excluding carboxylic acids is 1. The van der Waals surface area contributed by atoms with Crippen molar-refractivity contribution in [3.63, 3.8) is 0 Å². The van der Waals surface area contributed by atoms with Crippen molar-refractivity contribution in [3.8, 4) is 0 Å². The maximum Gasteiger partial charge on any atom is 0.321 e. The maximum atomic E-state index is 12.4. The third kappa shape index (κ3) is 4.89. The molecule has 1 heterocycles. The van der Waals surface area contributed by atoms with E-state index in [4.69, 9.17) is 0 Å². The molecule has 0 radical (unpaired) electrons. The van der Waals surface area contributed by atoms with E-state index in [1.54, 1.807) is 29.2 Å². The topological polar surface area (TPSA) is 81.8 Å². The van der Waals surface area contributed by atoms with Crippen LogP contribution in [0.25, 0.3) is 0 Å². The van der Waals surface area contributed by atoms with E-state index in [2.05, 4.69) is 27.1 Å². The van der Waals surface area contributed by atoms with Crippen molar-refractivity contribution in [2.75, 3.05) is 47.4 Å². The smallest absolute Gasteiger partial charge is 0.321 e. The Morgan fingerprint density at radius 1 is 0.885 bits per heavy atom. The van der Waals surface area contributed by atoms with Gasteiger partial charge in [-0.15, -0.1) is 0 Å². The molecule has 138 valence electrons. The van der Waals surface area contributed by atoms with E-state index < -0.39 is 10.0 Å². The summed E-state index contributed by atoms with van der Waals surface area (Å²) in [4.78, 5) is 16.4. The lowest BCUT2D eigenvalue weighted by Crippen LogP contribution is -2.50. The molecule has 2 amide bonds. The molecule has 1 aliphatic heterocycles. The van der Waals surface area contributed by atoms with Crippen molar-refractivity contribution in [1.29, 1.82) is 0 Å². The van der Waals surface area contributed by atoms with E-state index >= 15 is 0 Å². The van der Waals surface area contributed by atoms with Crippen LogP contribution in [0.15, 0.2) is 54.6 Å². The molecule has 0 aliphatic carbocycles. The van der Waals surface area contributed by atoms with Crippen molar-refractivity contribution in [1.82, 2.24) is 4.90 Å². The average molecular weight is 374 g/mol. The van der Waals surface area contributed by atoms with Gasteiger partial charge in [0.25, 0.3) is 0 Å². The van der Waals surface area contributed by atoms with E-state index in [1.807, 2.05) is 18.2 Å². The zero-order chi connectivity index (χ0) is 18.6. The van der Waals surface area contributed by atoms with Gasteiger partial charge in [0.1, 0.15) is 0 Å². The summed E-state index contributed by atoms with van der Waals surface area (Å²) in [5.41, 5.74) is 2.25. The van der Waals surface area contributed by atoms with Gasteiger partial charge in [-0.1, -0.05) is 18.2 Å². The van der Waals surface area contributed by atoms with Crippen molar-refractivity contribution < 1.29 is 13.2 Å². The minimum Gasteiger partial charge on any atom is -0.368 e. The summed E-state index contributed by atoms with van der Waals surface area (Å²) in [5.74, 6) is 0. The summed E-state index contributed by atoms with van der Waals surface area (Å²) in [6.45, 7) is 2.87. The number of benzene rings is 2. The van der Waals surface area contributed by atoms with E-state index in [0.717, 1.165) is 19.3 Å². The van der Waals surface area contributed by atoms with E-state index in [9.17, 15) is 13.2 Å². The van der Waals surface area contributed by atoms with Gasteiger partial charge in [0.15, 0.2) is 0 Å². The standard InChI is InChI=1S/C18H22N4O3S/c1-26(24,25)20-16-9-7-15(8-10-16)19-18(23)22-13-11-21(12-14-22)17-5-3-2-4-6-17/h2-10,20H,11-14H2,1H3,(H,19,23). The minimum atomic E-state index is -3.31. The summed E-state index contributed by atoms with van der Waals surface area (Å²) in [5, 5.41) is 2.85. The van der Waals surface area contributed by atoms with Gasteiger partial charge in [0.05, 0.1) is 6.26 Å². The lowest BCUT2D eigenvalue weighted by molar-refractivity contribution is 0.208. The number of anilines is 3. The molecular formula is C18H22N4O3S. The summed E-state index contributed by atoms with van der Waals surface area (Å²) >= 11 is 0. The Bertz CT molecular complexity index is 846. The predicted octanol–water partition coefficient (Wildman–Crippen LogP) is 2.41. The van der Waals surface area contributed by atoms with Crippen LogP contribution in [0.3, 0.4) is 0 Å². The molecular weight excluding hydrogens is 352 g/mol. The highest BCUT2D eigenvalue weighted by atomic mass is 32.2. The molecule has 8 heteroatoms. The molecule has 0 bridgehead atoms. The third-order valence-corrected chi connectivity index (χ3v) is 4.73. The Kier molecular flexibility index (Phi) is 5.32. The van der Waals surface area contributed by atoms with Gasteiger partial charge >= 0.3 is 6.03 Å². The molecule has 1 aliphatic rings. The van der Waals surface area contributed by atoms with E-state index in [1.165, 1.54) is 5.69 Å². The Morgan fingerprint density at radius 2 is 1.46 bits per heavy atom. The summed E-state index contributed by atoms with van der Waals surface area (Å²) in [6.07, 6.45) is 1.10. The molecule has 7 nitrogen and oxygen atoms in total. The van der Waals surface area contributed by atoms with Crippen molar-refractivity contribution in [3.05, 3.63) is 54.6 Å². The first kappa shape index (κ1) is 18.1. The summed E-state index contributed by atoms with van der Waals surface area (Å²) in [6, 6.07) is 16.6. The van der Waals surface area contributed by atoms with Crippen LogP contribution in [0.2, 0.25) is 0 Å². The number of nitrogens with zero attached hydrogens (tertiary/aromatic N) is 2. The number of carbonyl (C=O) groups is 1. The normalized spacial score (nSPS) is 14.8. The third-order valence-electron chi connectivity index (χ3n) is 4.13. The largest absolute Gasteiger partial charge is 0.368 e. The van der Waals surface area contributed by atoms with Gasteiger partial charge in [-0.05, 0) is 36.4 Å². The second-order valence-electron chi connectivity index (χ2n) is 6.19. The number of hydrogen-bond donors (Lipinski definition) is 2. The molecule has 1 saturated heterocycles. The van der Waals surface area contributed by atoms with Crippen molar-refractivity contribution in [2.24, 2.45) is 0 Å². The van der Waals surface area contributed by atoms with Crippen molar-refractivity contribution in [2.45, 2.75) is 0 Å². The molecule has 2 aromatic rings. The van der Waals surface area contributed by atoms with E-state index in [-0.39, 0.29) is 6.03 Å². The fraction of sp³-hybridized carbons (Fsp3) is 0.278. The maximum absolute atomic E-state index is 12.4. The van der Waals surface area contributed by atoms with Crippen LogP contribution in [-0.2, 0) is 10.0 Å². The molecule has 2 N–H and O–H groups in total.